The normalized spacial score (nSPS) is 13.5. The molecule has 8 heteroatoms. The number of carbonyl (C=O) groups is 2. The molecule has 0 radical (unpaired) electrons. The fourth-order valence-corrected chi connectivity index (χ4v) is 1.46. The number of nitrogens with one attached hydrogen (secondary N) is 1. The Balaban J connectivity index is 4.54. The Hall–Kier alpha value is -1.15. The highest BCUT2D eigenvalue weighted by atomic mass is 32.2. The minimum Gasteiger partial charge on any atom is -0.480 e. The summed E-state index contributed by atoms with van der Waals surface area (Å²) in [5, 5.41) is 8.55. The number of hydrogen-bond acceptors (Lipinski definition) is 4. The van der Waals surface area contributed by atoms with Crippen molar-refractivity contribution in [2.24, 2.45) is 5.73 Å². The highest BCUT2D eigenvalue weighted by molar-refractivity contribution is 7.89. The van der Waals surface area contributed by atoms with Gasteiger partial charge in [0, 0.05) is 0 Å². The summed E-state index contributed by atoms with van der Waals surface area (Å²) in [7, 11) is -3.65. The number of carboxylic acids is 1. The van der Waals surface area contributed by atoms with Crippen molar-refractivity contribution in [2.45, 2.75) is 19.4 Å². The van der Waals surface area contributed by atoms with Crippen molar-refractivity contribution in [1.82, 2.24) is 4.72 Å². The van der Waals surface area contributed by atoms with Crippen molar-refractivity contribution in [1.29, 1.82) is 0 Å². The zero-order valence-corrected chi connectivity index (χ0v) is 8.37. The Kier molecular flexibility index (Phi) is 4.51. The van der Waals surface area contributed by atoms with Crippen LogP contribution in [0, 0.1) is 0 Å². The van der Waals surface area contributed by atoms with E-state index in [1.807, 2.05) is 4.72 Å². The van der Waals surface area contributed by atoms with Crippen molar-refractivity contribution in [3.63, 3.8) is 0 Å². The molecule has 0 aromatic rings. The van der Waals surface area contributed by atoms with Crippen LogP contribution >= 0.6 is 0 Å². The molecule has 0 aliphatic carbocycles. The van der Waals surface area contributed by atoms with Crippen molar-refractivity contribution in [3.05, 3.63) is 0 Å². The number of rotatable bonds is 6. The summed E-state index contributed by atoms with van der Waals surface area (Å²) < 4.78 is 23.8. The summed E-state index contributed by atoms with van der Waals surface area (Å²) in [6.45, 7) is 1.35. The van der Waals surface area contributed by atoms with Crippen molar-refractivity contribution >= 4 is 21.9 Å². The van der Waals surface area contributed by atoms with Gasteiger partial charge in [0.2, 0.25) is 15.9 Å². The minimum atomic E-state index is -3.65. The second-order valence-electron chi connectivity index (χ2n) is 2.58. The van der Waals surface area contributed by atoms with Gasteiger partial charge in [-0.05, 0) is 6.92 Å². The summed E-state index contributed by atoms with van der Waals surface area (Å²) in [6.07, 6.45) is -0.561. The van der Waals surface area contributed by atoms with Gasteiger partial charge in [-0.3, -0.25) is 9.59 Å². The Bertz CT molecular complexity index is 323. The number of carbonyl (C=O) groups excluding carboxylic acids is 1. The first-order valence-electron chi connectivity index (χ1n) is 3.79. The predicted octanol–water partition coefficient (Wildman–Crippen LogP) is -1.75. The largest absolute Gasteiger partial charge is 0.480 e. The number of primary amides is 1. The topological polar surface area (TPSA) is 127 Å². The molecular formula is C6H12N2O5S. The van der Waals surface area contributed by atoms with E-state index in [0.29, 0.717) is 0 Å². The predicted molar refractivity (Wildman–Crippen MR) is 47.8 cm³/mol. The highest BCUT2D eigenvalue weighted by Gasteiger charge is 2.24. The second kappa shape index (κ2) is 4.91. The highest BCUT2D eigenvalue weighted by Crippen LogP contribution is 1.95. The lowest BCUT2D eigenvalue weighted by Gasteiger charge is -2.11. The van der Waals surface area contributed by atoms with Crippen molar-refractivity contribution in [2.75, 3.05) is 5.75 Å². The molecule has 0 aromatic carbocycles. The van der Waals surface area contributed by atoms with Crippen molar-refractivity contribution < 1.29 is 23.1 Å². The zero-order chi connectivity index (χ0) is 11.4. The fourth-order valence-electron chi connectivity index (χ4n) is 0.681. The van der Waals surface area contributed by atoms with Crippen LogP contribution in [0.4, 0.5) is 0 Å². The molecule has 0 rings (SSSR count). The van der Waals surface area contributed by atoms with Gasteiger partial charge >= 0.3 is 5.97 Å². The molecule has 0 aliphatic heterocycles. The third-order valence-corrected chi connectivity index (χ3v) is 2.81. The third kappa shape index (κ3) is 4.77. The summed E-state index contributed by atoms with van der Waals surface area (Å²) in [5.74, 6) is -2.56. The molecule has 0 aliphatic rings. The Morgan fingerprint density at radius 1 is 1.50 bits per heavy atom. The summed E-state index contributed by atoms with van der Waals surface area (Å²) in [4.78, 5) is 20.9. The quantitative estimate of drug-likeness (QED) is 0.493. The first-order chi connectivity index (χ1) is 6.28. The standard InChI is InChI=1S/C6H12N2O5S/c1-2-14(12,13)8-4(6(10)11)3-5(7)9/h4,8H,2-3H2,1H3,(H2,7,9)(H,10,11)/t4-/m1/s1. The maximum Gasteiger partial charge on any atom is 0.322 e. The Labute approximate surface area is 81.3 Å². The zero-order valence-electron chi connectivity index (χ0n) is 7.56. The van der Waals surface area contributed by atoms with Crippen LogP contribution < -0.4 is 10.5 Å². The van der Waals surface area contributed by atoms with Crippen LogP contribution in [0.2, 0.25) is 0 Å². The lowest BCUT2D eigenvalue weighted by atomic mass is 10.2. The van der Waals surface area contributed by atoms with Crippen LogP contribution in [0.5, 0.6) is 0 Å². The number of sulfonamides is 1. The summed E-state index contributed by atoms with van der Waals surface area (Å²) in [6, 6.07) is -1.49. The number of carboxylic acid groups (broad SMARTS) is 1. The maximum absolute atomic E-state index is 11.0. The number of aliphatic carboxylic acids is 1. The van der Waals surface area contributed by atoms with Gasteiger partial charge in [0.05, 0.1) is 12.2 Å². The van der Waals surface area contributed by atoms with E-state index in [0.717, 1.165) is 0 Å². The van der Waals surface area contributed by atoms with Gasteiger partial charge in [-0.15, -0.1) is 0 Å². The van der Waals surface area contributed by atoms with Gasteiger partial charge in [0.1, 0.15) is 6.04 Å². The molecule has 0 bridgehead atoms. The molecule has 0 unspecified atom stereocenters. The first-order valence-corrected chi connectivity index (χ1v) is 5.45. The van der Waals surface area contributed by atoms with Crippen LogP contribution in [-0.2, 0) is 19.6 Å². The van der Waals surface area contributed by atoms with Gasteiger partial charge < -0.3 is 10.8 Å². The second-order valence-corrected chi connectivity index (χ2v) is 4.63. The smallest absolute Gasteiger partial charge is 0.322 e. The van der Waals surface area contributed by atoms with Gasteiger partial charge in [0.15, 0.2) is 0 Å². The molecule has 14 heavy (non-hydrogen) atoms. The van der Waals surface area contributed by atoms with E-state index in [4.69, 9.17) is 10.8 Å². The molecule has 1 amide bonds. The monoisotopic (exact) mass is 224 g/mol. The van der Waals surface area contributed by atoms with E-state index in [1.165, 1.54) is 6.92 Å². The van der Waals surface area contributed by atoms with Gasteiger partial charge in [0.25, 0.3) is 0 Å². The van der Waals surface area contributed by atoms with E-state index >= 15 is 0 Å². The molecule has 0 heterocycles. The molecule has 0 saturated carbocycles. The first kappa shape index (κ1) is 12.8. The van der Waals surface area contributed by atoms with Crippen LogP contribution in [0.25, 0.3) is 0 Å². The SMILES string of the molecule is CCS(=O)(=O)N[C@H](CC(N)=O)C(=O)O. The number of nitrogens with two attached hydrogens (primary N) is 1. The van der Waals surface area contributed by atoms with Crippen LogP contribution in [0.1, 0.15) is 13.3 Å². The van der Waals surface area contributed by atoms with E-state index in [1.54, 1.807) is 0 Å². The Morgan fingerprint density at radius 2 is 2.00 bits per heavy atom. The van der Waals surface area contributed by atoms with Gasteiger partial charge in [-0.1, -0.05) is 0 Å². The molecule has 4 N–H and O–H groups in total. The van der Waals surface area contributed by atoms with Crippen LogP contribution in [0.3, 0.4) is 0 Å². The summed E-state index contributed by atoms with van der Waals surface area (Å²) in [5.41, 5.74) is 4.75. The lowest BCUT2D eigenvalue weighted by Crippen LogP contribution is -2.43. The molecule has 0 saturated heterocycles. The maximum atomic E-state index is 11.0. The molecule has 0 aromatic heterocycles. The van der Waals surface area contributed by atoms with E-state index < -0.39 is 34.4 Å². The van der Waals surface area contributed by atoms with Gasteiger partial charge in [-0.2, -0.15) is 0 Å². The fraction of sp³-hybridized carbons (Fsp3) is 0.667. The number of amides is 1. The average Bonchev–Trinajstić information content (AvgIpc) is 2.02. The Morgan fingerprint density at radius 3 is 2.29 bits per heavy atom. The van der Waals surface area contributed by atoms with Crippen LogP contribution in [-0.4, -0.2) is 37.2 Å². The molecule has 7 nitrogen and oxygen atoms in total. The minimum absolute atomic E-state index is 0.254. The van der Waals surface area contributed by atoms with E-state index in [9.17, 15) is 18.0 Å². The van der Waals surface area contributed by atoms with E-state index in [2.05, 4.69) is 0 Å². The third-order valence-electron chi connectivity index (χ3n) is 1.41. The molecular weight excluding hydrogens is 212 g/mol. The van der Waals surface area contributed by atoms with Crippen molar-refractivity contribution in [3.8, 4) is 0 Å². The average molecular weight is 224 g/mol. The van der Waals surface area contributed by atoms with Gasteiger partial charge in [-0.25, -0.2) is 13.1 Å². The lowest BCUT2D eigenvalue weighted by molar-refractivity contribution is -0.140. The molecule has 0 fully saturated rings. The van der Waals surface area contributed by atoms with Crippen LogP contribution in [0.15, 0.2) is 0 Å². The molecule has 1 atom stereocenters. The molecule has 82 valence electrons. The number of hydrogen-bond donors (Lipinski definition) is 3. The molecule has 0 spiro atoms. The van der Waals surface area contributed by atoms with E-state index in [-0.39, 0.29) is 5.75 Å². The summed E-state index contributed by atoms with van der Waals surface area (Å²) >= 11 is 0.